The van der Waals surface area contributed by atoms with Crippen molar-refractivity contribution in [3.63, 3.8) is 0 Å². The minimum absolute atomic E-state index is 0. The van der Waals surface area contributed by atoms with Crippen LogP contribution in [-0.4, -0.2) is 79.2 Å². The number of hydrogen-bond donors (Lipinski definition) is 5. The summed E-state index contributed by atoms with van der Waals surface area (Å²) in [4.78, 5) is 71.0. The number of carboxylic acids is 1. The van der Waals surface area contributed by atoms with Crippen LogP contribution in [0.5, 0.6) is 23.0 Å². The fraction of sp³-hybridized carbons (Fsp3) is 0.202. The van der Waals surface area contributed by atoms with Gasteiger partial charge in [0.05, 0.1) is 107 Å². The molecular weight excluding hydrogens is 1980 g/mol. The van der Waals surface area contributed by atoms with Gasteiger partial charge in [-0.15, -0.1) is 0 Å². The number of rotatable bonds is 30. The molecule has 16 aromatic rings. The van der Waals surface area contributed by atoms with Crippen molar-refractivity contribution in [2.75, 3.05) is 21.3 Å². The Labute approximate surface area is 882 Å². The number of halogens is 1. The van der Waals surface area contributed by atoms with Crippen molar-refractivity contribution in [1.29, 1.82) is 26.3 Å². The van der Waals surface area contributed by atoms with E-state index in [9.17, 15) is 44.4 Å². The molecule has 0 unspecified atom stereocenters. The van der Waals surface area contributed by atoms with Gasteiger partial charge in [0.2, 0.25) is 0 Å². The number of fused-ring (bicyclic) bond motifs is 4. The molecule has 0 saturated carbocycles. The van der Waals surface area contributed by atoms with Crippen LogP contribution in [0.4, 0.5) is 9.59 Å². The topological polar surface area (TPSA) is 483 Å². The molecule has 33 heteroatoms. The fourth-order valence-corrected chi connectivity index (χ4v) is 15.7. The zero-order valence-electron chi connectivity index (χ0n) is 82.5. The molecule has 16 rings (SSSR count). The van der Waals surface area contributed by atoms with Crippen molar-refractivity contribution < 1.29 is 138 Å². The van der Waals surface area contributed by atoms with Gasteiger partial charge in [-0.1, -0.05) is 88.7 Å². The number of benzene rings is 12. The Balaban J connectivity index is 0.000000235. The summed E-state index contributed by atoms with van der Waals surface area (Å²) < 4.78 is 73.3. The van der Waals surface area contributed by atoms with E-state index in [1.54, 1.807) is 79.6 Å². The number of esters is 3. The summed E-state index contributed by atoms with van der Waals surface area (Å²) in [5, 5.41) is 58.6. The molecule has 2 amide bonds. The minimum Gasteiger partial charge on any atom is -0.870 e. The fourth-order valence-electron chi connectivity index (χ4n) is 15.3. The second-order valence-electron chi connectivity index (χ2n) is 34.4. The standard InChI is InChI=1S/C31H30N2O6.C30H30BrNO6.C26H22N2O4.C25H20N2O4.2CN.Li.H2O.Zn/c1-31(2,3)39-30(35)33-18-21-6-5-7-23(13-21)26-15-22(14-24-10-11-37-29(24)26)19-38-27-9-8-20(17-32)12-25(27)16-28(34)36-4;1-30(2,3)38-29(34)32-17-19-6-5-7-21(12-19)25-14-20(13-22-10-11-36-28(22)25)18-37-26-9-8-24(31)15-23(26)16-27(33)35-4;1-30-25(29)13-22-10-18(15-28)5-6-24(22)32-16-19-11-21-7-8-31-26(21)23(12-19)20-4-2-3-17(9-20)14-27;26-13-16-2-1-3-19(8-16)22-11-18(10-20-6-7-30-25(20)22)15-31-23-5-4-17(14-27)9-21(23)12-24(28)29;2*1-2;;;/h5-15H,16,18-19H2,1-4H3,(H,33,35);5-15H,16-18H2,1-4H3,(H,32,34);2-12H,13-14,16,27H2,1H3;1-11H,12-13,15,26H2,(H,28,29);;;;1H2;/q;;;;2*-1;+1;;+2/p-1. The molecule has 0 fully saturated rings. The van der Waals surface area contributed by atoms with Crippen molar-refractivity contribution in [3.05, 3.63) is 369 Å². The normalized spacial score (nSPS) is 10.5. The molecule has 0 atom stereocenters. The third kappa shape index (κ3) is 33.3. The van der Waals surface area contributed by atoms with Crippen molar-refractivity contribution in [2.45, 2.75) is 131 Å². The number of nitrogens with two attached hydrogens (primary N) is 2. The van der Waals surface area contributed by atoms with E-state index in [1.807, 2.05) is 230 Å². The van der Waals surface area contributed by atoms with Gasteiger partial charge < -0.3 is 117 Å². The summed E-state index contributed by atoms with van der Waals surface area (Å²) >= 11 is 3.45. The van der Waals surface area contributed by atoms with Gasteiger partial charge in [0.1, 0.15) is 83.0 Å². The summed E-state index contributed by atoms with van der Waals surface area (Å²) in [5.41, 5.74) is 32.4. The molecule has 4 aromatic heterocycles. The Morgan fingerprint density at radius 2 is 0.633 bits per heavy atom. The number of aliphatic carboxylic acids is 1. The van der Waals surface area contributed by atoms with Gasteiger partial charge in [0.25, 0.3) is 0 Å². The minimum atomic E-state index is -0.984. The Bertz CT molecular complexity index is 7470. The molecule has 0 bridgehead atoms. The first kappa shape index (κ1) is 116. The van der Waals surface area contributed by atoms with Gasteiger partial charge in [-0.3, -0.25) is 19.2 Å². The molecule has 30 nitrogen and oxygen atoms in total. The SMILES string of the molecule is COC(=O)Cc1cc(Br)ccc1OCc1cc(-c2cccc(CNC(=O)OC(C)(C)C)c2)c2occc2c1.COC(=O)Cc1cc(C#N)ccc1OCc1cc(-c2cccc(CN)c2)c2occc2c1.COC(=O)Cc1cc(C#N)ccc1OCc1cc(-c2cccc(CNC(=O)OC(C)(C)C)c2)c2occc2c1.N#Cc1ccc(OCc2cc(-c3cccc(CN)c3)c3occc3c2)c(CC(=O)O)c1.[C-]#N.[C-]#N.[Li+].[OH-].[Zn+2]. The number of carbonyl (C=O) groups is 6. The van der Waals surface area contributed by atoms with Crippen LogP contribution in [0.2, 0.25) is 0 Å². The summed E-state index contributed by atoms with van der Waals surface area (Å²) in [7, 11) is 4.02. The van der Waals surface area contributed by atoms with Crippen LogP contribution in [0.1, 0.15) is 125 Å². The van der Waals surface area contributed by atoms with E-state index in [0.29, 0.717) is 89.2 Å². The monoisotopic (exact) mass is 2080 g/mol. The summed E-state index contributed by atoms with van der Waals surface area (Å²) in [6.07, 6.45) is 5.60. The number of ether oxygens (including phenoxy) is 9. The van der Waals surface area contributed by atoms with Gasteiger partial charge in [-0.05, 0) is 278 Å². The third-order valence-electron chi connectivity index (χ3n) is 21.7. The van der Waals surface area contributed by atoms with Crippen LogP contribution in [0.25, 0.3) is 88.4 Å². The maximum absolute atomic E-state index is 12.1. The Hall–Kier alpha value is -16.5. The quantitative estimate of drug-likeness (QED) is 0.0121. The molecule has 147 heavy (non-hydrogen) atoms. The number of nitrogens with zero attached hydrogens (tertiary/aromatic N) is 5. The predicted molar refractivity (Wildman–Crippen MR) is 544 cm³/mol. The first-order chi connectivity index (χ1) is 69.4. The van der Waals surface area contributed by atoms with Gasteiger partial charge in [-0.25, -0.2) is 9.59 Å². The molecule has 0 radical (unpaired) electrons. The van der Waals surface area contributed by atoms with E-state index in [0.717, 1.165) is 143 Å². The summed E-state index contributed by atoms with van der Waals surface area (Å²) in [5.74, 6) is -0.0392. The Morgan fingerprint density at radius 3 is 0.898 bits per heavy atom. The van der Waals surface area contributed by atoms with Crippen LogP contribution in [0, 0.1) is 57.7 Å². The number of amides is 2. The van der Waals surface area contributed by atoms with E-state index >= 15 is 0 Å². The molecule has 0 aliphatic carbocycles. The Morgan fingerprint density at radius 1 is 0.367 bits per heavy atom. The number of methoxy groups -OCH3 is 3. The average Bonchev–Trinajstić information content (AvgIpc) is 1.73. The molecule has 12 aromatic carbocycles. The van der Waals surface area contributed by atoms with Crippen LogP contribution in [-0.2, 0) is 141 Å². The number of hydrogen-bond acceptors (Lipinski definition) is 27. The van der Waals surface area contributed by atoms with E-state index in [-0.39, 0.29) is 95.3 Å². The number of furan rings is 4. The zero-order valence-corrected chi connectivity index (χ0v) is 87.1. The second kappa shape index (κ2) is 55.9. The smallest absolute Gasteiger partial charge is 0.870 e. The first-order valence-electron chi connectivity index (χ1n) is 44.9. The second-order valence-corrected chi connectivity index (χ2v) is 35.3. The molecule has 0 aliphatic heterocycles. The van der Waals surface area contributed by atoms with Crippen LogP contribution >= 0.6 is 15.9 Å². The third-order valence-corrected chi connectivity index (χ3v) is 22.2. The molecule has 0 aliphatic rings. The summed E-state index contributed by atoms with van der Waals surface area (Å²) in [6, 6.07) is 82.0. The van der Waals surface area contributed by atoms with Crippen molar-refractivity contribution in [3.8, 4) is 85.7 Å². The van der Waals surface area contributed by atoms with E-state index in [4.69, 9.17) is 101 Å². The number of alkyl carbamates (subject to hydrolysis) is 2. The van der Waals surface area contributed by atoms with Crippen molar-refractivity contribution in [1.82, 2.24) is 10.6 Å². The van der Waals surface area contributed by atoms with Gasteiger partial charge >= 0.3 is 74.4 Å². The maximum atomic E-state index is 12.1. The van der Waals surface area contributed by atoms with E-state index in [2.05, 4.69) is 44.8 Å². The largest absolute Gasteiger partial charge is 2.00 e. The first-order valence-corrected chi connectivity index (χ1v) is 45.7. The van der Waals surface area contributed by atoms with Gasteiger partial charge in [0, 0.05) is 96.7 Å². The number of carboxylic acid groups (broad SMARTS) is 1. The van der Waals surface area contributed by atoms with Crippen LogP contribution in [0.3, 0.4) is 0 Å². The molecule has 0 saturated heterocycles. The molecular formula is C114H103BrLiN9O21Zn. The number of nitriles is 3. The molecule has 4 heterocycles. The maximum Gasteiger partial charge on any atom is 2.00 e. The van der Waals surface area contributed by atoms with Crippen molar-refractivity contribution >= 4 is 95.9 Å². The number of carbonyl (C=O) groups excluding carboxylic acids is 5. The van der Waals surface area contributed by atoms with E-state index in [1.165, 1.54) is 21.3 Å². The number of nitrogens with one attached hydrogen (secondary N) is 2. The molecule has 8 N–H and O–H groups in total. The van der Waals surface area contributed by atoms with E-state index < -0.39 is 41.3 Å². The Kier molecular flexibility index (Phi) is 44.0. The zero-order chi connectivity index (χ0) is 104. The molecule has 0 spiro atoms. The van der Waals surface area contributed by atoms with Gasteiger partial charge in [0.15, 0.2) is 0 Å². The molecule has 740 valence electrons. The van der Waals surface area contributed by atoms with Gasteiger partial charge in [-0.2, -0.15) is 15.8 Å². The average molecular weight is 2090 g/mol. The van der Waals surface area contributed by atoms with Crippen LogP contribution < -0.4 is 59.9 Å². The van der Waals surface area contributed by atoms with Crippen LogP contribution in [0.15, 0.2) is 290 Å². The van der Waals surface area contributed by atoms with Crippen molar-refractivity contribution in [2.24, 2.45) is 11.5 Å². The predicted octanol–water partition coefficient (Wildman–Crippen LogP) is 19.9. The summed E-state index contributed by atoms with van der Waals surface area (Å²) in [6.45, 7) is 23.0.